The fraction of sp³-hybridized carbons (Fsp3) is 0.562. The second-order valence-electron chi connectivity index (χ2n) is 5.22. The van der Waals surface area contributed by atoms with Gasteiger partial charge in [-0.2, -0.15) is 0 Å². The highest BCUT2D eigenvalue weighted by molar-refractivity contribution is 5.76. The van der Waals surface area contributed by atoms with E-state index in [2.05, 4.69) is 10.6 Å². The first-order chi connectivity index (χ1) is 10.3. The topological polar surface area (TPSA) is 59.6 Å². The third-order valence-electron chi connectivity index (χ3n) is 3.58. The zero-order chi connectivity index (χ0) is 14.9. The summed E-state index contributed by atoms with van der Waals surface area (Å²) in [7, 11) is 1.64. The van der Waals surface area contributed by atoms with Gasteiger partial charge in [0.25, 0.3) is 0 Å². The first-order valence-corrected chi connectivity index (χ1v) is 7.55. The lowest BCUT2D eigenvalue weighted by atomic mass is 10.1. The van der Waals surface area contributed by atoms with Crippen LogP contribution < -0.4 is 20.1 Å². The van der Waals surface area contributed by atoms with Gasteiger partial charge in [0.05, 0.1) is 13.7 Å². The molecule has 0 aromatic heterocycles. The fourth-order valence-electron chi connectivity index (χ4n) is 2.36. The van der Waals surface area contributed by atoms with E-state index in [0.717, 1.165) is 43.9 Å². The van der Waals surface area contributed by atoms with Crippen LogP contribution in [0.2, 0.25) is 0 Å². The van der Waals surface area contributed by atoms with Gasteiger partial charge in [0.2, 0.25) is 5.91 Å². The number of carbonyl (C=O) groups is 1. The summed E-state index contributed by atoms with van der Waals surface area (Å²) in [6.07, 6.45) is 3.28. The van der Waals surface area contributed by atoms with E-state index < -0.39 is 0 Å². The van der Waals surface area contributed by atoms with Crippen LogP contribution in [-0.4, -0.2) is 38.8 Å². The summed E-state index contributed by atoms with van der Waals surface area (Å²) in [6.45, 7) is 2.53. The minimum atomic E-state index is 0.125. The lowest BCUT2D eigenvalue weighted by Gasteiger charge is -2.23. The van der Waals surface area contributed by atoms with Gasteiger partial charge in [-0.15, -0.1) is 0 Å². The molecule has 21 heavy (non-hydrogen) atoms. The number of hydrogen-bond acceptors (Lipinski definition) is 4. The molecule has 1 saturated heterocycles. The molecule has 1 aliphatic heterocycles. The van der Waals surface area contributed by atoms with Crippen LogP contribution in [-0.2, 0) is 4.79 Å². The van der Waals surface area contributed by atoms with E-state index >= 15 is 0 Å². The number of piperidine rings is 1. The average molecular weight is 292 g/mol. The molecule has 116 valence electrons. The molecule has 1 amide bonds. The van der Waals surface area contributed by atoms with Gasteiger partial charge in [0.15, 0.2) is 0 Å². The Morgan fingerprint density at radius 3 is 2.57 bits per heavy atom. The van der Waals surface area contributed by atoms with Gasteiger partial charge in [0.1, 0.15) is 11.5 Å². The molecular formula is C16H24N2O3. The first-order valence-electron chi connectivity index (χ1n) is 7.55. The molecule has 2 N–H and O–H groups in total. The maximum atomic E-state index is 11.8. The maximum absolute atomic E-state index is 11.8. The highest BCUT2D eigenvalue weighted by Crippen LogP contribution is 2.17. The van der Waals surface area contributed by atoms with Gasteiger partial charge in [-0.25, -0.2) is 0 Å². The zero-order valence-corrected chi connectivity index (χ0v) is 12.6. The molecule has 2 rings (SSSR count). The molecule has 1 aliphatic rings. The second-order valence-corrected chi connectivity index (χ2v) is 5.22. The normalized spacial score (nSPS) is 15.5. The van der Waals surface area contributed by atoms with E-state index in [1.165, 1.54) is 0 Å². The van der Waals surface area contributed by atoms with Crippen molar-refractivity contribution >= 4 is 5.91 Å². The predicted molar refractivity (Wildman–Crippen MR) is 81.8 cm³/mol. The van der Waals surface area contributed by atoms with E-state index in [9.17, 15) is 4.79 Å². The van der Waals surface area contributed by atoms with Crippen LogP contribution in [0.25, 0.3) is 0 Å². The molecule has 0 atom stereocenters. The summed E-state index contributed by atoms with van der Waals surface area (Å²) in [6, 6.07) is 7.79. The fourth-order valence-corrected chi connectivity index (χ4v) is 2.36. The quantitative estimate of drug-likeness (QED) is 0.751. The molecule has 0 saturated carbocycles. The van der Waals surface area contributed by atoms with E-state index in [1.54, 1.807) is 7.11 Å². The Hall–Kier alpha value is -1.75. The van der Waals surface area contributed by atoms with Crippen molar-refractivity contribution in [2.75, 3.05) is 26.8 Å². The van der Waals surface area contributed by atoms with Crippen molar-refractivity contribution in [1.29, 1.82) is 0 Å². The summed E-state index contributed by atoms with van der Waals surface area (Å²) in [4.78, 5) is 11.8. The number of amides is 1. The lowest BCUT2D eigenvalue weighted by Crippen LogP contribution is -2.42. The molecule has 1 fully saturated rings. The Kier molecular flexibility index (Phi) is 6.34. The van der Waals surface area contributed by atoms with Crippen molar-refractivity contribution < 1.29 is 14.3 Å². The largest absolute Gasteiger partial charge is 0.497 e. The summed E-state index contributed by atoms with van der Waals surface area (Å²) in [5, 5.41) is 6.37. The second kappa shape index (κ2) is 8.52. The first kappa shape index (κ1) is 15.6. The third kappa shape index (κ3) is 5.63. The van der Waals surface area contributed by atoms with Gasteiger partial charge >= 0.3 is 0 Å². The molecule has 1 aromatic carbocycles. The Labute approximate surface area is 126 Å². The van der Waals surface area contributed by atoms with Crippen molar-refractivity contribution in [3.63, 3.8) is 0 Å². The Bertz CT molecular complexity index is 428. The number of benzene rings is 1. The summed E-state index contributed by atoms with van der Waals surface area (Å²) < 4.78 is 10.7. The van der Waals surface area contributed by atoms with Crippen LogP contribution in [0, 0.1) is 0 Å². The predicted octanol–water partition coefficient (Wildman–Crippen LogP) is 1.72. The zero-order valence-electron chi connectivity index (χ0n) is 12.6. The molecule has 5 nitrogen and oxygen atoms in total. The number of hydrogen-bond donors (Lipinski definition) is 2. The number of carbonyl (C=O) groups excluding carboxylic acids is 1. The van der Waals surface area contributed by atoms with E-state index in [-0.39, 0.29) is 5.91 Å². The van der Waals surface area contributed by atoms with Crippen LogP contribution in [0.1, 0.15) is 25.7 Å². The summed E-state index contributed by atoms with van der Waals surface area (Å²) >= 11 is 0. The van der Waals surface area contributed by atoms with Crippen LogP contribution in [0.15, 0.2) is 24.3 Å². The Morgan fingerprint density at radius 2 is 1.90 bits per heavy atom. The molecule has 0 bridgehead atoms. The molecule has 1 heterocycles. The summed E-state index contributed by atoms with van der Waals surface area (Å²) in [5.74, 6) is 1.73. The van der Waals surface area contributed by atoms with Crippen molar-refractivity contribution in [1.82, 2.24) is 10.6 Å². The van der Waals surface area contributed by atoms with Crippen LogP contribution in [0.5, 0.6) is 11.5 Å². The maximum Gasteiger partial charge on any atom is 0.220 e. The monoisotopic (exact) mass is 292 g/mol. The van der Waals surface area contributed by atoms with E-state index in [0.29, 0.717) is 19.1 Å². The van der Waals surface area contributed by atoms with Crippen molar-refractivity contribution in [3.8, 4) is 11.5 Å². The number of ether oxygens (including phenoxy) is 2. The minimum Gasteiger partial charge on any atom is -0.497 e. The van der Waals surface area contributed by atoms with Crippen LogP contribution in [0.3, 0.4) is 0 Å². The molecule has 0 spiro atoms. The molecule has 1 aromatic rings. The third-order valence-corrected chi connectivity index (χ3v) is 3.58. The SMILES string of the molecule is COc1ccc(OCCCC(=O)NC2CCNCC2)cc1. The molecule has 0 unspecified atom stereocenters. The van der Waals surface area contributed by atoms with Crippen molar-refractivity contribution in [2.24, 2.45) is 0 Å². The van der Waals surface area contributed by atoms with E-state index in [4.69, 9.17) is 9.47 Å². The molecule has 0 aliphatic carbocycles. The van der Waals surface area contributed by atoms with Gasteiger partial charge in [-0.3, -0.25) is 4.79 Å². The minimum absolute atomic E-state index is 0.125. The van der Waals surface area contributed by atoms with Crippen molar-refractivity contribution in [3.05, 3.63) is 24.3 Å². The average Bonchev–Trinajstić information content (AvgIpc) is 2.53. The van der Waals surface area contributed by atoms with Crippen LogP contribution in [0.4, 0.5) is 0 Å². The van der Waals surface area contributed by atoms with Gasteiger partial charge in [-0.1, -0.05) is 0 Å². The molecule has 5 heteroatoms. The lowest BCUT2D eigenvalue weighted by molar-refractivity contribution is -0.122. The van der Waals surface area contributed by atoms with E-state index in [1.807, 2.05) is 24.3 Å². The highest BCUT2D eigenvalue weighted by Gasteiger charge is 2.14. The number of nitrogens with one attached hydrogen (secondary N) is 2. The Morgan fingerprint density at radius 1 is 1.24 bits per heavy atom. The standard InChI is InChI=1S/C16H24N2O3/c1-20-14-4-6-15(7-5-14)21-12-2-3-16(19)18-13-8-10-17-11-9-13/h4-7,13,17H,2-3,8-12H2,1H3,(H,18,19). The van der Waals surface area contributed by atoms with Crippen molar-refractivity contribution in [2.45, 2.75) is 31.7 Å². The molecule has 0 radical (unpaired) electrons. The van der Waals surface area contributed by atoms with Gasteiger partial charge < -0.3 is 20.1 Å². The van der Waals surface area contributed by atoms with Crippen LogP contribution >= 0.6 is 0 Å². The summed E-state index contributed by atoms with van der Waals surface area (Å²) in [5.41, 5.74) is 0. The number of rotatable bonds is 7. The highest BCUT2D eigenvalue weighted by atomic mass is 16.5. The number of methoxy groups -OCH3 is 1. The smallest absolute Gasteiger partial charge is 0.220 e. The molecular weight excluding hydrogens is 268 g/mol. The Balaban J connectivity index is 1.58. The van der Waals surface area contributed by atoms with Gasteiger partial charge in [0, 0.05) is 12.5 Å². The van der Waals surface area contributed by atoms with Gasteiger partial charge in [-0.05, 0) is 56.6 Å².